The predicted octanol–water partition coefficient (Wildman–Crippen LogP) is 4.47. The van der Waals surface area contributed by atoms with Gasteiger partial charge in [0.2, 0.25) is 0 Å². The molecule has 0 radical (unpaired) electrons. The molecule has 7 atom stereocenters. The highest BCUT2D eigenvalue weighted by Crippen LogP contribution is 2.68. The van der Waals surface area contributed by atoms with E-state index in [1.807, 2.05) is 0 Å². The first-order chi connectivity index (χ1) is 13.1. The zero-order chi connectivity index (χ0) is 20.4. The molecule has 5 nitrogen and oxygen atoms in total. The highest BCUT2D eigenvalue weighted by atomic mass is 16.7. The topological polar surface area (TPSA) is 54.0 Å². The van der Waals surface area contributed by atoms with Crippen LogP contribution < -0.4 is 0 Å². The number of hydrogen-bond acceptors (Lipinski definition) is 5. The molecule has 7 unspecified atom stereocenters. The number of fused-ring (bicyclic) bond motifs is 2. The molecule has 2 heterocycles. The van der Waals surface area contributed by atoms with Crippen LogP contribution in [-0.2, 0) is 23.7 Å². The third-order valence-corrected chi connectivity index (χ3v) is 8.77. The molecule has 4 fully saturated rings. The first-order valence-electron chi connectivity index (χ1n) is 11.1. The maximum Gasteiger partial charge on any atom is 0.302 e. The summed E-state index contributed by atoms with van der Waals surface area (Å²) < 4.78 is 24.4. The Bertz CT molecular complexity index is 632. The van der Waals surface area contributed by atoms with Gasteiger partial charge in [-0.2, -0.15) is 0 Å². The van der Waals surface area contributed by atoms with Gasteiger partial charge < -0.3 is 18.9 Å². The Hall–Kier alpha value is -0.650. The van der Waals surface area contributed by atoms with Gasteiger partial charge in [0.15, 0.2) is 6.29 Å². The average Bonchev–Trinajstić information content (AvgIpc) is 3.17. The summed E-state index contributed by atoms with van der Waals surface area (Å²) in [6, 6.07) is 0. The fourth-order valence-corrected chi connectivity index (χ4v) is 7.75. The van der Waals surface area contributed by atoms with Gasteiger partial charge in [-0.25, -0.2) is 0 Å². The van der Waals surface area contributed by atoms with Gasteiger partial charge in [0.25, 0.3) is 0 Å². The number of carbonyl (C=O) groups is 1. The molecule has 0 aromatic rings. The minimum Gasteiger partial charge on any atom is -0.462 e. The number of hydrogen-bond donors (Lipinski definition) is 0. The molecule has 0 amide bonds. The molecule has 0 N–H and O–H groups in total. The van der Waals surface area contributed by atoms with E-state index in [2.05, 4.69) is 27.7 Å². The summed E-state index contributed by atoms with van der Waals surface area (Å²) in [6.45, 7) is 11.6. The standard InChI is InChI=1S/C23H38O5/c1-15-12-17(27-16(2)24)19-20(3,4)8-7-9-21(19,5)23(15)11-10-22(28-23)13-18(25-6)26-14-22/h15,17-19H,7-14H2,1-6H3. The molecule has 0 aromatic heterocycles. The monoisotopic (exact) mass is 394 g/mol. The fraction of sp³-hybridized carbons (Fsp3) is 0.957. The fourth-order valence-electron chi connectivity index (χ4n) is 7.75. The lowest BCUT2D eigenvalue weighted by molar-refractivity contribution is -0.272. The molecule has 0 aromatic carbocycles. The molecule has 160 valence electrons. The smallest absolute Gasteiger partial charge is 0.302 e. The Morgan fingerprint density at radius 2 is 1.86 bits per heavy atom. The molecular formula is C23H38O5. The van der Waals surface area contributed by atoms with E-state index in [0.29, 0.717) is 18.4 Å². The number of methoxy groups -OCH3 is 1. The van der Waals surface area contributed by atoms with Crippen molar-refractivity contribution in [3.63, 3.8) is 0 Å². The molecule has 0 bridgehead atoms. The molecular weight excluding hydrogens is 356 g/mol. The molecule has 5 heteroatoms. The lowest BCUT2D eigenvalue weighted by Crippen LogP contribution is -2.67. The molecule has 2 aliphatic heterocycles. The van der Waals surface area contributed by atoms with Crippen LogP contribution in [0.3, 0.4) is 0 Å². The van der Waals surface area contributed by atoms with E-state index >= 15 is 0 Å². The van der Waals surface area contributed by atoms with E-state index in [0.717, 1.165) is 32.1 Å². The predicted molar refractivity (Wildman–Crippen MR) is 106 cm³/mol. The lowest BCUT2D eigenvalue weighted by atomic mass is 9.43. The van der Waals surface area contributed by atoms with Gasteiger partial charge in [0.1, 0.15) is 6.10 Å². The van der Waals surface area contributed by atoms with E-state index in [4.69, 9.17) is 18.9 Å². The first kappa shape index (κ1) is 20.6. The average molecular weight is 395 g/mol. The van der Waals surface area contributed by atoms with Gasteiger partial charge in [-0.1, -0.05) is 34.1 Å². The zero-order valence-electron chi connectivity index (χ0n) is 18.5. The van der Waals surface area contributed by atoms with Gasteiger partial charge in [0, 0.05) is 31.8 Å². The van der Waals surface area contributed by atoms with Crippen LogP contribution in [-0.4, -0.2) is 43.3 Å². The minimum absolute atomic E-state index is 0.0127. The highest BCUT2D eigenvalue weighted by Gasteiger charge is 2.70. The Morgan fingerprint density at radius 1 is 1.11 bits per heavy atom. The minimum atomic E-state index is -0.224. The molecule has 4 aliphatic rings. The van der Waals surface area contributed by atoms with Crippen molar-refractivity contribution in [1.29, 1.82) is 0 Å². The van der Waals surface area contributed by atoms with Crippen LogP contribution in [0.5, 0.6) is 0 Å². The van der Waals surface area contributed by atoms with Crippen molar-refractivity contribution in [3.8, 4) is 0 Å². The first-order valence-corrected chi connectivity index (χ1v) is 11.1. The zero-order valence-corrected chi connectivity index (χ0v) is 18.5. The maximum absolute atomic E-state index is 11.9. The molecule has 2 saturated carbocycles. The summed E-state index contributed by atoms with van der Waals surface area (Å²) in [4.78, 5) is 11.9. The third-order valence-electron chi connectivity index (χ3n) is 8.77. The van der Waals surface area contributed by atoms with Crippen molar-refractivity contribution in [2.45, 2.75) is 103 Å². The highest BCUT2D eigenvalue weighted by molar-refractivity contribution is 5.66. The van der Waals surface area contributed by atoms with Crippen molar-refractivity contribution in [2.24, 2.45) is 22.7 Å². The van der Waals surface area contributed by atoms with Crippen LogP contribution in [0, 0.1) is 22.7 Å². The van der Waals surface area contributed by atoms with Crippen LogP contribution in [0.15, 0.2) is 0 Å². The van der Waals surface area contributed by atoms with Gasteiger partial charge in [-0.05, 0) is 43.4 Å². The van der Waals surface area contributed by atoms with Gasteiger partial charge >= 0.3 is 5.97 Å². The number of rotatable bonds is 2. The summed E-state index contributed by atoms with van der Waals surface area (Å²) in [7, 11) is 1.71. The Balaban J connectivity index is 1.72. The molecule has 28 heavy (non-hydrogen) atoms. The van der Waals surface area contributed by atoms with Crippen molar-refractivity contribution in [3.05, 3.63) is 0 Å². The second-order valence-electron chi connectivity index (χ2n) is 10.9. The summed E-state index contributed by atoms with van der Waals surface area (Å²) >= 11 is 0. The lowest BCUT2D eigenvalue weighted by Gasteiger charge is -2.65. The van der Waals surface area contributed by atoms with Gasteiger partial charge in [-0.3, -0.25) is 4.79 Å². The van der Waals surface area contributed by atoms with Crippen LogP contribution in [0.1, 0.15) is 79.6 Å². The van der Waals surface area contributed by atoms with Crippen molar-refractivity contribution in [2.75, 3.05) is 13.7 Å². The quantitative estimate of drug-likeness (QED) is 0.647. The van der Waals surface area contributed by atoms with E-state index in [1.165, 1.54) is 12.8 Å². The molecule has 2 spiro atoms. The van der Waals surface area contributed by atoms with Crippen LogP contribution in [0.4, 0.5) is 0 Å². The van der Waals surface area contributed by atoms with Crippen molar-refractivity contribution < 1.29 is 23.7 Å². The van der Waals surface area contributed by atoms with E-state index in [9.17, 15) is 4.79 Å². The Morgan fingerprint density at radius 3 is 2.50 bits per heavy atom. The Kier molecular flexibility index (Phi) is 4.92. The van der Waals surface area contributed by atoms with E-state index < -0.39 is 0 Å². The van der Waals surface area contributed by atoms with Crippen LogP contribution in [0.2, 0.25) is 0 Å². The summed E-state index contributed by atoms with van der Waals surface area (Å²) in [5.74, 6) is 0.491. The van der Waals surface area contributed by atoms with E-state index in [-0.39, 0.29) is 40.4 Å². The number of esters is 1. The molecule has 2 saturated heterocycles. The second-order valence-corrected chi connectivity index (χ2v) is 10.9. The summed E-state index contributed by atoms with van der Waals surface area (Å²) in [5, 5.41) is 0. The second kappa shape index (κ2) is 6.68. The molecule has 2 aliphatic carbocycles. The normalized spacial score (nSPS) is 50.1. The summed E-state index contributed by atoms with van der Waals surface area (Å²) in [6.07, 6.45) is 7.11. The maximum atomic E-state index is 11.9. The SMILES string of the molecule is COC1CC2(CCC3(O2)C(C)CC(OC(C)=O)C2C(C)(C)CCCC23C)CO1. The largest absolute Gasteiger partial charge is 0.462 e. The van der Waals surface area contributed by atoms with Gasteiger partial charge in [0.05, 0.1) is 17.8 Å². The van der Waals surface area contributed by atoms with Crippen molar-refractivity contribution in [1.82, 2.24) is 0 Å². The third kappa shape index (κ3) is 2.87. The number of carbonyl (C=O) groups excluding carboxylic acids is 1. The Labute approximate surface area is 169 Å². The number of ether oxygens (including phenoxy) is 4. The van der Waals surface area contributed by atoms with Crippen LogP contribution >= 0.6 is 0 Å². The van der Waals surface area contributed by atoms with E-state index in [1.54, 1.807) is 14.0 Å². The van der Waals surface area contributed by atoms with Gasteiger partial charge in [-0.15, -0.1) is 0 Å². The molecule has 4 rings (SSSR count). The van der Waals surface area contributed by atoms with Crippen LogP contribution in [0.25, 0.3) is 0 Å². The van der Waals surface area contributed by atoms with Crippen molar-refractivity contribution >= 4 is 5.97 Å². The summed E-state index contributed by atoms with van der Waals surface area (Å²) in [5.41, 5.74) is -0.293.